The number of hydrogen-bond donors (Lipinski definition) is 0. The predicted molar refractivity (Wildman–Crippen MR) is 118 cm³/mol. The van der Waals surface area contributed by atoms with Crippen molar-refractivity contribution in [2.45, 2.75) is 6.92 Å². The van der Waals surface area contributed by atoms with Crippen molar-refractivity contribution in [3.8, 4) is 33.0 Å². The van der Waals surface area contributed by atoms with Crippen LogP contribution in [0.5, 0.6) is 0 Å². The van der Waals surface area contributed by atoms with Crippen LogP contribution in [0.2, 0.25) is 15.1 Å². The second kappa shape index (κ2) is 7.65. The van der Waals surface area contributed by atoms with Gasteiger partial charge >= 0.3 is 0 Å². The van der Waals surface area contributed by atoms with E-state index in [4.69, 9.17) is 39.8 Å². The zero-order chi connectivity index (χ0) is 19.0. The molecule has 0 aliphatic carbocycles. The van der Waals surface area contributed by atoms with Crippen LogP contribution in [0.3, 0.4) is 0 Å². The molecule has 1 aromatic heterocycles. The Bertz CT molecular complexity index is 1120. The summed E-state index contributed by atoms with van der Waals surface area (Å²) in [6.45, 7) is 2.03. The Morgan fingerprint density at radius 3 is 2.11 bits per heavy atom. The van der Waals surface area contributed by atoms with Crippen LogP contribution in [0.15, 0.2) is 66.0 Å². The maximum atomic E-state index is 6.39. The largest absolute Gasteiger partial charge is 0.236 e. The van der Waals surface area contributed by atoms with Crippen molar-refractivity contribution in [1.29, 1.82) is 0 Å². The molecule has 5 heteroatoms. The van der Waals surface area contributed by atoms with Crippen LogP contribution in [0.4, 0.5) is 0 Å². The Labute approximate surface area is 177 Å². The Morgan fingerprint density at radius 2 is 1.41 bits per heavy atom. The zero-order valence-electron chi connectivity index (χ0n) is 14.3. The van der Waals surface area contributed by atoms with E-state index in [1.165, 1.54) is 0 Å². The molecule has 1 nitrogen and oxygen atoms in total. The van der Waals surface area contributed by atoms with Crippen molar-refractivity contribution in [2.24, 2.45) is 0 Å². The molecule has 0 saturated carbocycles. The summed E-state index contributed by atoms with van der Waals surface area (Å²) in [5.74, 6) is 0. The summed E-state index contributed by atoms with van der Waals surface area (Å²) in [7, 11) is 0. The average Bonchev–Trinajstić information content (AvgIpc) is 3.14. The van der Waals surface area contributed by atoms with Gasteiger partial charge in [-0.1, -0.05) is 77.3 Å². The molecule has 134 valence electrons. The van der Waals surface area contributed by atoms with Crippen LogP contribution in [0, 0.1) is 6.92 Å². The normalized spacial score (nSPS) is 11.0. The molecule has 0 aliphatic heterocycles. The smallest absolute Gasteiger partial charge is 0.124 e. The molecule has 0 spiro atoms. The molecule has 4 rings (SSSR count). The highest BCUT2D eigenvalue weighted by Crippen LogP contribution is 2.34. The van der Waals surface area contributed by atoms with E-state index in [1.54, 1.807) is 17.4 Å². The first kappa shape index (κ1) is 18.5. The third-order valence-electron chi connectivity index (χ3n) is 4.29. The summed E-state index contributed by atoms with van der Waals surface area (Å²) >= 11 is 20.1. The van der Waals surface area contributed by atoms with E-state index < -0.39 is 0 Å². The van der Waals surface area contributed by atoms with Crippen molar-refractivity contribution in [3.05, 3.63) is 86.7 Å². The lowest BCUT2D eigenvalue weighted by Crippen LogP contribution is -1.83. The minimum Gasteiger partial charge on any atom is -0.236 e. The van der Waals surface area contributed by atoms with Gasteiger partial charge in [-0.3, -0.25) is 0 Å². The predicted octanol–water partition coefficient (Wildman–Crippen LogP) is 8.41. The molecule has 0 radical (unpaired) electrons. The summed E-state index contributed by atoms with van der Waals surface area (Å²) < 4.78 is 0. The number of rotatable bonds is 3. The fourth-order valence-electron chi connectivity index (χ4n) is 2.84. The third kappa shape index (κ3) is 3.90. The third-order valence-corrected chi connectivity index (χ3v) is 6.23. The number of thiazole rings is 1. The number of aryl methyl sites for hydroxylation is 1. The van der Waals surface area contributed by atoms with E-state index >= 15 is 0 Å². The van der Waals surface area contributed by atoms with E-state index in [-0.39, 0.29) is 0 Å². The first-order chi connectivity index (χ1) is 13.0. The first-order valence-electron chi connectivity index (χ1n) is 8.29. The standard InChI is InChI=1S/C22H14Cl3NS/c1-13-2-8-17(19(24)10-13)14-3-5-15(6-4-14)22-26-21(12-27-22)16-7-9-18(23)20(25)11-16/h2-12H,1H3. The quantitative estimate of drug-likeness (QED) is 0.318. The van der Waals surface area contributed by atoms with Crippen LogP contribution in [0.1, 0.15) is 5.56 Å². The van der Waals surface area contributed by atoms with Gasteiger partial charge in [0.25, 0.3) is 0 Å². The van der Waals surface area contributed by atoms with Gasteiger partial charge in [-0.25, -0.2) is 4.98 Å². The fraction of sp³-hybridized carbons (Fsp3) is 0.0455. The minimum absolute atomic E-state index is 0.531. The molecule has 0 atom stereocenters. The lowest BCUT2D eigenvalue weighted by Gasteiger charge is -2.06. The van der Waals surface area contributed by atoms with E-state index in [0.717, 1.165) is 43.5 Å². The lowest BCUT2D eigenvalue weighted by molar-refractivity contribution is 1.40. The van der Waals surface area contributed by atoms with Gasteiger partial charge in [-0.05, 0) is 36.2 Å². The molecule has 1 heterocycles. The molecule has 0 unspecified atom stereocenters. The molecule has 0 aliphatic rings. The fourth-order valence-corrected chi connectivity index (χ4v) is 4.32. The van der Waals surface area contributed by atoms with Gasteiger partial charge in [-0.2, -0.15) is 0 Å². The lowest BCUT2D eigenvalue weighted by atomic mass is 10.0. The van der Waals surface area contributed by atoms with Gasteiger partial charge < -0.3 is 0 Å². The average molecular weight is 431 g/mol. The summed E-state index contributed by atoms with van der Waals surface area (Å²) in [4.78, 5) is 4.74. The summed E-state index contributed by atoms with van der Waals surface area (Å²) in [5.41, 5.74) is 6.18. The van der Waals surface area contributed by atoms with Gasteiger partial charge in [-0.15, -0.1) is 11.3 Å². The Balaban J connectivity index is 1.63. The van der Waals surface area contributed by atoms with E-state index in [0.29, 0.717) is 10.0 Å². The van der Waals surface area contributed by atoms with Gasteiger partial charge in [0.1, 0.15) is 5.01 Å². The van der Waals surface area contributed by atoms with E-state index in [9.17, 15) is 0 Å². The van der Waals surface area contributed by atoms with Crippen LogP contribution >= 0.6 is 46.1 Å². The highest BCUT2D eigenvalue weighted by molar-refractivity contribution is 7.13. The van der Waals surface area contributed by atoms with Crippen LogP contribution < -0.4 is 0 Å². The molecule has 0 saturated heterocycles. The Hall–Kier alpha value is -1.84. The van der Waals surface area contributed by atoms with Gasteiger partial charge in [0.15, 0.2) is 0 Å². The Morgan fingerprint density at radius 1 is 0.704 bits per heavy atom. The maximum absolute atomic E-state index is 6.39. The van der Waals surface area contributed by atoms with Crippen molar-refractivity contribution in [3.63, 3.8) is 0 Å². The van der Waals surface area contributed by atoms with E-state index in [1.807, 2.05) is 30.5 Å². The highest BCUT2D eigenvalue weighted by Gasteiger charge is 2.10. The molecular formula is C22H14Cl3NS. The number of halogens is 3. The monoisotopic (exact) mass is 429 g/mol. The van der Waals surface area contributed by atoms with Gasteiger partial charge in [0.2, 0.25) is 0 Å². The molecule has 0 bridgehead atoms. The molecule has 27 heavy (non-hydrogen) atoms. The van der Waals surface area contributed by atoms with Gasteiger partial charge in [0.05, 0.1) is 15.7 Å². The van der Waals surface area contributed by atoms with Crippen molar-refractivity contribution >= 4 is 46.1 Å². The Kier molecular flexibility index (Phi) is 5.25. The molecule has 3 aromatic carbocycles. The second-order valence-electron chi connectivity index (χ2n) is 6.23. The summed E-state index contributed by atoms with van der Waals surface area (Å²) in [5, 5.41) is 4.82. The summed E-state index contributed by atoms with van der Waals surface area (Å²) in [6, 6.07) is 20.0. The molecule has 0 N–H and O–H groups in total. The molecule has 4 aromatic rings. The highest BCUT2D eigenvalue weighted by atomic mass is 35.5. The number of benzene rings is 3. The van der Waals surface area contributed by atoms with Crippen molar-refractivity contribution in [1.82, 2.24) is 4.98 Å². The number of aromatic nitrogens is 1. The van der Waals surface area contributed by atoms with Crippen LogP contribution in [-0.2, 0) is 0 Å². The zero-order valence-corrected chi connectivity index (χ0v) is 17.4. The SMILES string of the molecule is Cc1ccc(-c2ccc(-c3nc(-c4ccc(Cl)c(Cl)c4)cs3)cc2)c(Cl)c1. The van der Waals surface area contributed by atoms with Crippen LogP contribution in [0.25, 0.3) is 33.0 Å². The summed E-state index contributed by atoms with van der Waals surface area (Å²) in [6.07, 6.45) is 0. The molecule has 0 amide bonds. The van der Waals surface area contributed by atoms with E-state index in [2.05, 4.69) is 36.4 Å². The minimum atomic E-state index is 0.531. The maximum Gasteiger partial charge on any atom is 0.124 e. The van der Waals surface area contributed by atoms with Crippen LogP contribution in [-0.4, -0.2) is 4.98 Å². The van der Waals surface area contributed by atoms with Crippen molar-refractivity contribution < 1.29 is 0 Å². The topological polar surface area (TPSA) is 12.9 Å². The van der Waals surface area contributed by atoms with Crippen molar-refractivity contribution in [2.75, 3.05) is 0 Å². The number of nitrogens with zero attached hydrogens (tertiary/aromatic N) is 1. The van der Waals surface area contributed by atoms with Gasteiger partial charge in [0, 0.05) is 27.1 Å². The number of hydrogen-bond acceptors (Lipinski definition) is 2. The molecular weight excluding hydrogens is 417 g/mol. The molecule has 0 fully saturated rings. The first-order valence-corrected chi connectivity index (χ1v) is 10.3. The second-order valence-corrected chi connectivity index (χ2v) is 8.31.